The van der Waals surface area contributed by atoms with E-state index in [9.17, 15) is 15.4 Å². The molecule has 0 bridgehead atoms. The van der Waals surface area contributed by atoms with Crippen molar-refractivity contribution < 1.29 is 9.34 Å². The molecule has 1 heterocycles. The van der Waals surface area contributed by atoms with Crippen LogP contribution in [0.2, 0.25) is 0 Å². The van der Waals surface area contributed by atoms with Gasteiger partial charge < -0.3 is 9.73 Å². The molecular formula is C18H22N4O3. The fourth-order valence-electron chi connectivity index (χ4n) is 2.62. The molecule has 1 aromatic heterocycles. The molecular weight excluding hydrogens is 320 g/mol. The zero-order valence-corrected chi connectivity index (χ0v) is 14.5. The van der Waals surface area contributed by atoms with Gasteiger partial charge in [0.25, 0.3) is 5.69 Å². The number of nitrogens with zero attached hydrogens (tertiary/aromatic N) is 3. The van der Waals surface area contributed by atoms with Crippen molar-refractivity contribution in [1.82, 2.24) is 4.98 Å². The zero-order chi connectivity index (χ0) is 18.2. The third-order valence-electron chi connectivity index (χ3n) is 4.16. The summed E-state index contributed by atoms with van der Waals surface area (Å²) in [5.41, 5.74) is 0.266. The predicted octanol–water partition coefficient (Wildman–Crippen LogP) is 4.75. The molecule has 1 aromatic carbocycles. The third kappa shape index (κ3) is 4.57. The Bertz CT molecular complexity index is 764. The van der Waals surface area contributed by atoms with Gasteiger partial charge in [0.2, 0.25) is 17.5 Å². The number of unbranched alkanes of at least 4 members (excludes halogenated alkanes) is 1. The number of hydrogen-bond donors (Lipinski definition) is 1. The Kier molecular flexibility index (Phi) is 6.52. The molecule has 0 radical (unpaired) electrons. The van der Waals surface area contributed by atoms with Crippen LogP contribution in [0.4, 0.5) is 11.6 Å². The minimum Gasteiger partial charge on any atom is -0.419 e. The maximum Gasteiger partial charge on any atom is 0.282 e. The summed E-state index contributed by atoms with van der Waals surface area (Å²) in [7, 11) is 0. The SMILES string of the molecule is CCCCC(CC)CNc1oc(-c2ccccc2[N+](=O)[O-])nc1C#N. The van der Waals surface area contributed by atoms with Crippen LogP contribution in [-0.4, -0.2) is 16.5 Å². The van der Waals surface area contributed by atoms with Gasteiger partial charge >= 0.3 is 0 Å². The van der Waals surface area contributed by atoms with Crippen molar-refractivity contribution in [3.05, 3.63) is 40.1 Å². The van der Waals surface area contributed by atoms with Crippen LogP contribution in [0.25, 0.3) is 11.5 Å². The zero-order valence-electron chi connectivity index (χ0n) is 14.5. The van der Waals surface area contributed by atoms with Crippen molar-refractivity contribution in [3.63, 3.8) is 0 Å². The first kappa shape index (κ1) is 18.5. The normalized spacial score (nSPS) is 11.7. The third-order valence-corrected chi connectivity index (χ3v) is 4.16. The number of nitro benzene ring substituents is 1. The number of nitrogens with one attached hydrogen (secondary N) is 1. The van der Waals surface area contributed by atoms with Crippen molar-refractivity contribution in [3.8, 4) is 17.5 Å². The fraction of sp³-hybridized carbons (Fsp3) is 0.444. The van der Waals surface area contributed by atoms with E-state index < -0.39 is 4.92 Å². The van der Waals surface area contributed by atoms with Crippen LogP contribution < -0.4 is 5.32 Å². The van der Waals surface area contributed by atoms with Gasteiger partial charge in [-0.2, -0.15) is 10.2 Å². The van der Waals surface area contributed by atoms with E-state index in [4.69, 9.17) is 4.42 Å². The average Bonchev–Trinajstić information content (AvgIpc) is 3.05. The van der Waals surface area contributed by atoms with E-state index in [1.165, 1.54) is 6.07 Å². The van der Waals surface area contributed by atoms with Gasteiger partial charge in [-0.05, 0) is 18.4 Å². The highest BCUT2D eigenvalue weighted by Gasteiger charge is 2.22. The highest BCUT2D eigenvalue weighted by molar-refractivity contribution is 5.68. The Morgan fingerprint density at radius 2 is 2.16 bits per heavy atom. The van der Waals surface area contributed by atoms with Gasteiger partial charge in [0.1, 0.15) is 11.6 Å². The van der Waals surface area contributed by atoms with E-state index in [1.54, 1.807) is 18.2 Å². The molecule has 0 fully saturated rings. The number of anilines is 1. The van der Waals surface area contributed by atoms with E-state index in [0.29, 0.717) is 12.5 Å². The molecule has 0 amide bonds. The minimum absolute atomic E-state index is 0.0768. The van der Waals surface area contributed by atoms with Gasteiger partial charge in [-0.3, -0.25) is 10.1 Å². The summed E-state index contributed by atoms with van der Waals surface area (Å²) in [5.74, 6) is 0.824. The number of hydrogen-bond acceptors (Lipinski definition) is 6. The molecule has 1 atom stereocenters. The smallest absolute Gasteiger partial charge is 0.282 e. The van der Waals surface area contributed by atoms with E-state index >= 15 is 0 Å². The van der Waals surface area contributed by atoms with Crippen LogP contribution in [0.3, 0.4) is 0 Å². The number of oxazole rings is 1. The maximum atomic E-state index is 11.2. The molecule has 0 aliphatic carbocycles. The molecule has 0 spiro atoms. The number of aromatic nitrogens is 1. The van der Waals surface area contributed by atoms with Crippen LogP contribution in [0, 0.1) is 27.4 Å². The number of rotatable bonds is 9. The molecule has 2 aromatic rings. The maximum absolute atomic E-state index is 11.2. The summed E-state index contributed by atoms with van der Waals surface area (Å²) in [6.45, 7) is 4.96. The lowest BCUT2D eigenvalue weighted by atomic mass is 9.99. The Hall–Kier alpha value is -2.88. The first-order valence-corrected chi connectivity index (χ1v) is 8.49. The van der Waals surface area contributed by atoms with Crippen LogP contribution in [0.15, 0.2) is 28.7 Å². The molecule has 0 saturated carbocycles. The van der Waals surface area contributed by atoms with Crippen molar-refractivity contribution in [1.29, 1.82) is 5.26 Å². The van der Waals surface area contributed by atoms with Gasteiger partial charge in [-0.15, -0.1) is 0 Å². The molecule has 0 saturated heterocycles. The summed E-state index contributed by atoms with van der Waals surface area (Å²) in [6.07, 6.45) is 4.43. The standard InChI is InChI=1S/C18H22N4O3/c1-3-5-8-13(4-2)12-20-18-15(11-19)21-17(25-18)14-9-6-7-10-16(14)22(23)24/h6-7,9-10,13,20H,3-5,8,12H2,1-2H3. The van der Waals surface area contributed by atoms with Gasteiger partial charge in [0.05, 0.1) is 4.92 Å². The molecule has 2 rings (SSSR count). The summed E-state index contributed by atoms with van der Waals surface area (Å²) in [5, 5.41) is 23.6. The molecule has 0 aliphatic heterocycles. The number of nitriles is 1. The molecule has 7 heteroatoms. The first-order chi connectivity index (χ1) is 12.1. The Morgan fingerprint density at radius 1 is 1.40 bits per heavy atom. The molecule has 25 heavy (non-hydrogen) atoms. The Morgan fingerprint density at radius 3 is 2.80 bits per heavy atom. The van der Waals surface area contributed by atoms with Crippen LogP contribution in [0.1, 0.15) is 45.2 Å². The Labute approximate surface area is 146 Å². The van der Waals surface area contributed by atoms with Crippen LogP contribution in [-0.2, 0) is 0 Å². The van der Waals surface area contributed by atoms with E-state index in [-0.39, 0.29) is 28.7 Å². The van der Waals surface area contributed by atoms with E-state index in [1.807, 2.05) is 6.07 Å². The lowest BCUT2D eigenvalue weighted by Gasteiger charge is -2.14. The van der Waals surface area contributed by atoms with E-state index in [2.05, 4.69) is 24.1 Å². The second-order valence-corrected chi connectivity index (χ2v) is 5.88. The quantitative estimate of drug-likeness (QED) is 0.521. The topological polar surface area (TPSA) is 105 Å². The number of para-hydroxylation sites is 1. The predicted molar refractivity (Wildman–Crippen MR) is 95.1 cm³/mol. The monoisotopic (exact) mass is 342 g/mol. The van der Waals surface area contributed by atoms with Crippen LogP contribution >= 0.6 is 0 Å². The average molecular weight is 342 g/mol. The van der Waals surface area contributed by atoms with Crippen molar-refractivity contribution in [2.24, 2.45) is 5.92 Å². The molecule has 0 aliphatic rings. The molecule has 1 N–H and O–H groups in total. The minimum atomic E-state index is -0.490. The Balaban J connectivity index is 2.23. The lowest BCUT2D eigenvalue weighted by Crippen LogP contribution is -2.13. The first-order valence-electron chi connectivity index (χ1n) is 8.49. The second kappa shape index (κ2) is 8.83. The van der Waals surface area contributed by atoms with Gasteiger partial charge in [-0.25, -0.2) is 0 Å². The van der Waals surface area contributed by atoms with E-state index in [0.717, 1.165) is 25.7 Å². The van der Waals surface area contributed by atoms with Crippen molar-refractivity contribution >= 4 is 11.6 Å². The van der Waals surface area contributed by atoms with Crippen molar-refractivity contribution in [2.45, 2.75) is 39.5 Å². The van der Waals surface area contributed by atoms with Crippen LogP contribution in [0.5, 0.6) is 0 Å². The lowest BCUT2D eigenvalue weighted by molar-refractivity contribution is -0.384. The summed E-state index contributed by atoms with van der Waals surface area (Å²) < 4.78 is 5.63. The molecule has 7 nitrogen and oxygen atoms in total. The summed E-state index contributed by atoms with van der Waals surface area (Å²) in [4.78, 5) is 14.8. The van der Waals surface area contributed by atoms with Crippen molar-refractivity contribution in [2.75, 3.05) is 11.9 Å². The fourth-order valence-corrected chi connectivity index (χ4v) is 2.62. The number of benzene rings is 1. The summed E-state index contributed by atoms with van der Waals surface area (Å²) >= 11 is 0. The summed E-state index contributed by atoms with van der Waals surface area (Å²) in [6, 6.07) is 8.18. The van der Waals surface area contributed by atoms with Gasteiger partial charge in [0.15, 0.2) is 0 Å². The molecule has 132 valence electrons. The highest BCUT2D eigenvalue weighted by atomic mass is 16.6. The van der Waals surface area contributed by atoms with Gasteiger partial charge in [-0.1, -0.05) is 45.2 Å². The second-order valence-electron chi connectivity index (χ2n) is 5.88. The number of nitro groups is 1. The molecule has 1 unspecified atom stereocenters. The highest BCUT2D eigenvalue weighted by Crippen LogP contribution is 2.32. The van der Waals surface area contributed by atoms with Gasteiger partial charge in [0, 0.05) is 12.6 Å². The largest absolute Gasteiger partial charge is 0.419 e.